The molecule has 1 aliphatic heterocycles. The van der Waals surface area contributed by atoms with E-state index in [2.05, 4.69) is 35.2 Å². The van der Waals surface area contributed by atoms with E-state index in [1.807, 2.05) is 12.1 Å². The predicted molar refractivity (Wildman–Crippen MR) is 114 cm³/mol. The van der Waals surface area contributed by atoms with Gasteiger partial charge in [0.2, 0.25) is 0 Å². The van der Waals surface area contributed by atoms with Crippen molar-refractivity contribution >= 4 is 5.78 Å². The van der Waals surface area contributed by atoms with Gasteiger partial charge < -0.3 is 14.9 Å². The fraction of sp³-hybridized carbons (Fsp3) is 0.458. The molecule has 0 saturated carbocycles. The van der Waals surface area contributed by atoms with E-state index in [4.69, 9.17) is 9.47 Å². The zero-order chi connectivity index (χ0) is 19.5. The van der Waals surface area contributed by atoms with Gasteiger partial charge in [-0.3, -0.25) is 9.69 Å². The summed E-state index contributed by atoms with van der Waals surface area (Å²) in [6.45, 7) is 3.27. The lowest BCUT2D eigenvalue weighted by Gasteiger charge is -2.32. The van der Waals surface area contributed by atoms with Gasteiger partial charge in [0.25, 0.3) is 0 Å². The number of carbonyl (C=O) groups is 1. The Hall–Kier alpha value is -2.37. The molecular formula is C24H31NO4. The molecular weight excluding hydrogens is 366 g/mol. The van der Waals surface area contributed by atoms with E-state index in [9.17, 15) is 4.79 Å². The quantitative estimate of drug-likeness (QED) is 0.748. The van der Waals surface area contributed by atoms with Crippen molar-refractivity contribution in [3.05, 3.63) is 59.2 Å². The first-order valence-corrected chi connectivity index (χ1v) is 10.2. The fourth-order valence-corrected chi connectivity index (χ4v) is 4.71. The summed E-state index contributed by atoms with van der Waals surface area (Å²) >= 11 is 0. The van der Waals surface area contributed by atoms with Crippen LogP contribution in [-0.2, 0) is 13.0 Å². The van der Waals surface area contributed by atoms with Crippen molar-refractivity contribution in [2.75, 3.05) is 27.3 Å². The zero-order valence-corrected chi connectivity index (χ0v) is 17.3. The lowest BCUT2D eigenvalue weighted by molar-refractivity contribution is 0.0895. The summed E-state index contributed by atoms with van der Waals surface area (Å²) in [6, 6.07) is 14.5. The van der Waals surface area contributed by atoms with E-state index in [1.165, 1.54) is 18.4 Å². The summed E-state index contributed by atoms with van der Waals surface area (Å²) in [7, 11) is 3.26. The number of methoxy groups -OCH3 is 2. The molecule has 29 heavy (non-hydrogen) atoms. The van der Waals surface area contributed by atoms with Crippen molar-refractivity contribution < 1.29 is 19.7 Å². The fourth-order valence-electron chi connectivity index (χ4n) is 4.71. The largest absolute Gasteiger partial charge is 0.493 e. The van der Waals surface area contributed by atoms with Crippen LogP contribution in [0.25, 0.3) is 0 Å². The molecule has 1 unspecified atom stereocenters. The van der Waals surface area contributed by atoms with Crippen LogP contribution in [0.5, 0.6) is 11.5 Å². The highest BCUT2D eigenvalue weighted by molar-refractivity contribution is 6.02. The number of ketones is 1. The molecule has 1 fully saturated rings. The molecule has 1 heterocycles. The smallest absolute Gasteiger partial charge is 0.166 e. The summed E-state index contributed by atoms with van der Waals surface area (Å²) in [5, 5.41) is 0. The molecule has 1 aliphatic carbocycles. The molecule has 1 saturated heterocycles. The second kappa shape index (κ2) is 9.42. The van der Waals surface area contributed by atoms with Crippen LogP contribution in [0.4, 0.5) is 0 Å². The number of carbonyl (C=O) groups excluding carboxylic acids is 1. The van der Waals surface area contributed by atoms with Gasteiger partial charge in [-0.15, -0.1) is 0 Å². The average molecular weight is 398 g/mol. The Kier molecular flexibility index (Phi) is 6.93. The lowest BCUT2D eigenvalue weighted by Crippen LogP contribution is -2.34. The summed E-state index contributed by atoms with van der Waals surface area (Å²) in [4.78, 5) is 15.5. The normalized spacial score (nSPS) is 19.5. The van der Waals surface area contributed by atoms with Crippen molar-refractivity contribution in [1.29, 1.82) is 0 Å². The van der Waals surface area contributed by atoms with Gasteiger partial charge in [-0.05, 0) is 68.0 Å². The topological polar surface area (TPSA) is 70.3 Å². The van der Waals surface area contributed by atoms with Gasteiger partial charge in [0, 0.05) is 18.0 Å². The molecule has 0 bridgehead atoms. The van der Waals surface area contributed by atoms with E-state index >= 15 is 0 Å². The Morgan fingerprint density at radius 2 is 1.66 bits per heavy atom. The molecule has 2 N–H and O–H groups in total. The van der Waals surface area contributed by atoms with Crippen LogP contribution in [0.15, 0.2) is 42.5 Å². The number of Topliss-reactive ketones (excluding diaryl/α,β-unsaturated/α-hetero) is 1. The first kappa shape index (κ1) is 21.3. The minimum absolute atomic E-state index is 0. The number of nitrogens with zero attached hydrogens (tertiary/aromatic N) is 1. The third-order valence-corrected chi connectivity index (χ3v) is 6.29. The summed E-state index contributed by atoms with van der Waals surface area (Å²) < 4.78 is 10.8. The first-order valence-electron chi connectivity index (χ1n) is 10.2. The van der Waals surface area contributed by atoms with E-state index < -0.39 is 0 Å². The van der Waals surface area contributed by atoms with Crippen molar-refractivity contribution in [3.63, 3.8) is 0 Å². The Morgan fingerprint density at radius 3 is 2.31 bits per heavy atom. The maximum absolute atomic E-state index is 12.9. The van der Waals surface area contributed by atoms with Crippen molar-refractivity contribution in [1.82, 2.24) is 4.90 Å². The number of ether oxygens (including phenoxy) is 2. The van der Waals surface area contributed by atoms with E-state index in [0.29, 0.717) is 17.4 Å². The zero-order valence-electron chi connectivity index (χ0n) is 17.3. The third-order valence-electron chi connectivity index (χ3n) is 6.29. The van der Waals surface area contributed by atoms with Gasteiger partial charge >= 0.3 is 0 Å². The minimum atomic E-state index is 0. The van der Waals surface area contributed by atoms with Crippen LogP contribution in [0.1, 0.15) is 40.7 Å². The molecule has 4 rings (SSSR count). The van der Waals surface area contributed by atoms with E-state index in [-0.39, 0.29) is 17.2 Å². The molecule has 156 valence electrons. The van der Waals surface area contributed by atoms with Gasteiger partial charge in [0.15, 0.2) is 17.3 Å². The third kappa shape index (κ3) is 4.62. The Labute approximate surface area is 172 Å². The number of likely N-dealkylation sites (tertiary alicyclic amines) is 1. The highest BCUT2D eigenvalue weighted by atomic mass is 16.5. The monoisotopic (exact) mass is 397 g/mol. The predicted octanol–water partition coefficient (Wildman–Crippen LogP) is 3.54. The molecule has 2 aliphatic rings. The molecule has 0 amide bonds. The van der Waals surface area contributed by atoms with Crippen LogP contribution < -0.4 is 9.47 Å². The molecule has 2 aromatic carbocycles. The van der Waals surface area contributed by atoms with Crippen LogP contribution in [0.2, 0.25) is 0 Å². The van der Waals surface area contributed by atoms with Gasteiger partial charge in [-0.2, -0.15) is 0 Å². The molecule has 0 aromatic heterocycles. The van der Waals surface area contributed by atoms with Crippen molar-refractivity contribution in [3.8, 4) is 11.5 Å². The number of hydrogen-bond donors (Lipinski definition) is 0. The van der Waals surface area contributed by atoms with Crippen LogP contribution in [0, 0.1) is 11.8 Å². The van der Waals surface area contributed by atoms with Gasteiger partial charge in [-0.1, -0.05) is 30.3 Å². The number of benzene rings is 2. The van der Waals surface area contributed by atoms with E-state index in [0.717, 1.165) is 43.6 Å². The highest BCUT2D eigenvalue weighted by Crippen LogP contribution is 2.39. The number of piperidine rings is 1. The van der Waals surface area contributed by atoms with Crippen molar-refractivity contribution in [2.24, 2.45) is 11.8 Å². The first-order chi connectivity index (χ1) is 13.7. The van der Waals surface area contributed by atoms with Crippen LogP contribution in [-0.4, -0.2) is 43.5 Å². The maximum Gasteiger partial charge on any atom is 0.166 e. The number of hydrogen-bond acceptors (Lipinski definition) is 4. The molecule has 2 aromatic rings. The summed E-state index contributed by atoms with van der Waals surface area (Å²) in [6.07, 6.45) is 4.19. The minimum Gasteiger partial charge on any atom is -0.493 e. The SMILES string of the molecule is COc1cc2c(cc1OC)C(=O)C(CC1CCN(Cc3ccccc3)CC1)C2.O. The van der Waals surface area contributed by atoms with Gasteiger partial charge in [0.05, 0.1) is 14.2 Å². The lowest BCUT2D eigenvalue weighted by atomic mass is 9.85. The Bertz CT molecular complexity index is 828. The molecule has 0 radical (unpaired) electrons. The summed E-state index contributed by atoms with van der Waals surface area (Å²) in [5.74, 6) is 2.38. The van der Waals surface area contributed by atoms with E-state index in [1.54, 1.807) is 14.2 Å². The van der Waals surface area contributed by atoms with Gasteiger partial charge in [-0.25, -0.2) is 0 Å². The number of rotatable bonds is 6. The van der Waals surface area contributed by atoms with Crippen molar-refractivity contribution in [2.45, 2.75) is 32.2 Å². The standard InChI is InChI=1S/C24H29NO3.H2O/c1-27-22-14-19-13-20(24(26)21(19)15-23(22)28-2)12-17-8-10-25(11-9-17)16-18-6-4-3-5-7-18;/h3-7,14-15,17,20H,8-13,16H2,1-2H3;1H2. The maximum atomic E-state index is 12.9. The highest BCUT2D eigenvalue weighted by Gasteiger charge is 2.34. The molecule has 5 heteroatoms. The second-order valence-electron chi connectivity index (χ2n) is 8.07. The molecule has 1 atom stereocenters. The Morgan fingerprint density at radius 1 is 1.00 bits per heavy atom. The molecule has 0 spiro atoms. The molecule has 5 nitrogen and oxygen atoms in total. The summed E-state index contributed by atoms with van der Waals surface area (Å²) in [5.41, 5.74) is 3.31. The second-order valence-corrected chi connectivity index (χ2v) is 8.07. The average Bonchev–Trinajstić information content (AvgIpc) is 3.03. The number of fused-ring (bicyclic) bond motifs is 1. The van der Waals surface area contributed by atoms with Gasteiger partial charge in [0.1, 0.15) is 0 Å². The van der Waals surface area contributed by atoms with Crippen LogP contribution in [0.3, 0.4) is 0 Å². The van der Waals surface area contributed by atoms with Crippen LogP contribution >= 0.6 is 0 Å². The Balaban J connectivity index is 0.00000240.